The molecular formula is C20H20ClN3O3S. The topological polar surface area (TPSA) is 70.7 Å². The molecular weight excluding hydrogens is 398 g/mol. The number of hydrogen-bond acceptors (Lipinski definition) is 4. The fourth-order valence-corrected chi connectivity index (χ4v) is 3.32. The Balaban J connectivity index is 1.62. The molecule has 1 aliphatic heterocycles. The maximum absolute atomic E-state index is 11.9. The summed E-state index contributed by atoms with van der Waals surface area (Å²) in [5.74, 6) is -0.297. The van der Waals surface area contributed by atoms with Crippen molar-refractivity contribution in [2.24, 2.45) is 0 Å². The molecule has 0 saturated carbocycles. The zero-order chi connectivity index (χ0) is 20.1. The van der Waals surface area contributed by atoms with E-state index in [9.17, 15) is 9.59 Å². The first kappa shape index (κ1) is 20.1. The Hall–Kier alpha value is -2.64. The van der Waals surface area contributed by atoms with Crippen molar-refractivity contribution in [3.8, 4) is 0 Å². The van der Waals surface area contributed by atoms with Crippen LogP contribution in [0.2, 0.25) is 5.02 Å². The van der Waals surface area contributed by atoms with Crippen LogP contribution in [0.25, 0.3) is 0 Å². The van der Waals surface area contributed by atoms with Gasteiger partial charge in [0.15, 0.2) is 5.11 Å². The van der Waals surface area contributed by atoms with E-state index in [-0.39, 0.29) is 5.91 Å². The van der Waals surface area contributed by atoms with Crippen LogP contribution >= 0.6 is 23.8 Å². The molecule has 28 heavy (non-hydrogen) atoms. The first-order valence-corrected chi connectivity index (χ1v) is 9.58. The second-order valence-electron chi connectivity index (χ2n) is 6.31. The zero-order valence-electron chi connectivity index (χ0n) is 15.3. The molecule has 1 fully saturated rings. The molecule has 0 bridgehead atoms. The van der Waals surface area contributed by atoms with Crippen molar-refractivity contribution in [2.45, 2.75) is 19.4 Å². The van der Waals surface area contributed by atoms with E-state index in [1.807, 2.05) is 24.3 Å². The molecule has 0 aliphatic carbocycles. The Morgan fingerprint density at radius 1 is 1.29 bits per heavy atom. The highest BCUT2D eigenvalue weighted by atomic mass is 35.5. The summed E-state index contributed by atoms with van der Waals surface area (Å²) in [6.07, 6.45) is 1.49. The van der Waals surface area contributed by atoms with Crippen molar-refractivity contribution in [3.05, 3.63) is 58.6 Å². The van der Waals surface area contributed by atoms with Gasteiger partial charge in [0.25, 0.3) is 0 Å². The van der Waals surface area contributed by atoms with Crippen LogP contribution in [0.15, 0.2) is 42.5 Å². The monoisotopic (exact) mass is 417 g/mol. The molecule has 0 aromatic heterocycles. The number of nitrogens with zero attached hydrogens (tertiary/aromatic N) is 1. The van der Waals surface area contributed by atoms with E-state index in [0.29, 0.717) is 34.4 Å². The Kier molecular flexibility index (Phi) is 6.49. The lowest BCUT2D eigenvalue weighted by atomic mass is 10.2. The molecule has 1 amide bonds. The molecule has 0 unspecified atom stereocenters. The Labute approximate surface area is 173 Å². The molecule has 1 saturated heterocycles. The summed E-state index contributed by atoms with van der Waals surface area (Å²) in [6, 6.07) is 12.6. The van der Waals surface area contributed by atoms with Gasteiger partial charge in [0.1, 0.15) is 0 Å². The number of benzene rings is 2. The van der Waals surface area contributed by atoms with Gasteiger partial charge in [-0.25, -0.2) is 4.79 Å². The number of esters is 1. The minimum absolute atomic E-state index is 0.155. The van der Waals surface area contributed by atoms with Gasteiger partial charge in [0.2, 0.25) is 5.91 Å². The van der Waals surface area contributed by atoms with Crippen molar-refractivity contribution in [1.29, 1.82) is 0 Å². The van der Waals surface area contributed by atoms with E-state index in [2.05, 4.69) is 10.6 Å². The maximum atomic E-state index is 11.9. The van der Waals surface area contributed by atoms with E-state index >= 15 is 0 Å². The summed E-state index contributed by atoms with van der Waals surface area (Å²) >= 11 is 11.5. The Morgan fingerprint density at radius 2 is 2.11 bits per heavy atom. The number of rotatable bonds is 5. The third kappa shape index (κ3) is 4.79. The van der Waals surface area contributed by atoms with Gasteiger partial charge in [-0.05, 0) is 54.5 Å². The van der Waals surface area contributed by atoms with Crippen LogP contribution in [0.4, 0.5) is 11.4 Å². The minimum Gasteiger partial charge on any atom is -0.465 e. The largest absolute Gasteiger partial charge is 0.465 e. The van der Waals surface area contributed by atoms with Gasteiger partial charge >= 0.3 is 5.97 Å². The van der Waals surface area contributed by atoms with Crippen LogP contribution in [0.3, 0.4) is 0 Å². The lowest BCUT2D eigenvalue weighted by molar-refractivity contribution is -0.117. The first-order chi connectivity index (χ1) is 13.5. The summed E-state index contributed by atoms with van der Waals surface area (Å²) in [6.45, 7) is 1.24. The Morgan fingerprint density at radius 3 is 2.82 bits per heavy atom. The second-order valence-corrected chi connectivity index (χ2v) is 7.13. The third-order valence-electron chi connectivity index (χ3n) is 4.38. The number of carbonyl (C=O) groups excluding carboxylic acids is 2. The lowest BCUT2D eigenvalue weighted by Gasteiger charge is -2.17. The van der Waals surface area contributed by atoms with E-state index in [0.717, 1.165) is 24.2 Å². The summed E-state index contributed by atoms with van der Waals surface area (Å²) in [5.41, 5.74) is 2.78. The van der Waals surface area contributed by atoms with Crippen molar-refractivity contribution in [3.63, 3.8) is 0 Å². The molecule has 1 heterocycles. The van der Waals surface area contributed by atoms with Crippen molar-refractivity contribution in [2.75, 3.05) is 23.9 Å². The molecule has 6 nitrogen and oxygen atoms in total. The molecule has 0 spiro atoms. The highest BCUT2D eigenvalue weighted by molar-refractivity contribution is 7.80. The molecule has 3 rings (SSSR count). The van der Waals surface area contributed by atoms with Crippen molar-refractivity contribution >= 4 is 52.2 Å². The van der Waals surface area contributed by atoms with Crippen LogP contribution in [0, 0.1) is 0 Å². The van der Waals surface area contributed by atoms with E-state index < -0.39 is 5.97 Å². The average Bonchev–Trinajstić information content (AvgIpc) is 3.13. The highest BCUT2D eigenvalue weighted by Crippen LogP contribution is 2.24. The maximum Gasteiger partial charge on any atom is 0.337 e. The lowest BCUT2D eigenvalue weighted by Crippen LogP contribution is -2.28. The van der Waals surface area contributed by atoms with Crippen LogP contribution in [0.5, 0.6) is 0 Å². The number of nitrogens with one attached hydrogen (secondary N) is 2. The van der Waals surface area contributed by atoms with Gasteiger partial charge in [-0.2, -0.15) is 0 Å². The molecule has 2 aromatic carbocycles. The number of halogens is 1. The molecule has 2 N–H and O–H groups in total. The summed E-state index contributed by atoms with van der Waals surface area (Å²) in [5, 5.41) is 6.90. The van der Waals surface area contributed by atoms with Crippen LogP contribution in [0.1, 0.15) is 28.8 Å². The molecule has 1 aliphatic rings. The summed E-state index contributed by atoms with van der Waals surface area (Å²) in [7, 11) is 1.32. The van der Waals surface area contributed by atoms with Crippen molar-refractivity contribution in [1.82, 2.24) is 5.32 Å². The van der Waals surface area contributed by atoms with E-state index in [4.69, 9.17) is 28.6 Å². The van der Waals surface area contributed by atoms with Gasteiger partial charge in [-0.1, -0.05) is 23.7 Å². The molecule has 0 radical (unpaired) electrons. The summed E-state index contributed by atoms with van der Waals surface area (Å²) < 4.78 is 4.72. The number of anilines is 2. The minimum atomic E-state index is -0.452. The highest BCUT2D eigenvalue weighted by Gasteiger charge is 2.21. The molecule has 146 valence electrons. The van der Waals surface area contributed by atoms with Crippen molar-refractivity contribution < 1.29 is 14.3 Å². The van der Waals surface area contributed by atoms with E-state index in [1.54, 1.807) is 23.1 Å². The first-order valence-electron chi connectivity index (χ1n) is 8.80. The number of carbonyl (C=O) groups is 2. The third-order valence-corrected chi connectivity index (χ3v) is 4.96. The number of ether oxygens (including phenoxy) is 1. The fraction of sp³-hybridized carbons (Fsp3) is 0.250. The normalized spacial score (nSPS) is 13.4. The van der Waals surface area contributed by atoms with Crippen LogP contribution in [-0.4, -0.2) is 30.6 Å². The predicted molar refractivity (Wildman–Crippen MR) is 114 cm³/mol. The SMILES string of the molecule is COC(=O)c1ccc(Cl)c(NC(=S)NCc2cccc(N3CCCC3=O)c2)c1. The Bertz CT molecular complexity index is 919. The van der Waals surface area contributed by atoms with Gasteiger partial charge in [0.05, 0.1) is 23.4 Å². The predicted octanol–water partition coefficient (Wildman–Crippen LogP) is 3.74. The standard InChI is InChI=1S/C20H20ClN3O3S/c1-27-19(26)14-7-8-16(21)17(11-14)23-20(28)22-12-13-4-2-5-15(10-13)24-9-3-6-18(24)25/h2,4-5,7-8,10-11H,3,6,9,12H2,1H3,(H2,22,23,28). The van der Waals surface area contributed by atoms with Gasteiger partial charge in [-0.15, -0.1) is 0 Å². The zero-order valence-corrected chi connectivity index (χ0v) is 16.9. The molecule has 2 aromatic rings. The van der Waals surface area contributed by atoms with Crippen LogP contribution in [-0.2, 0) is 16.1 Å². The second kappa shape index (κ2) is 9.03. The quantitative estimate of drug-likeness (QED) is 0.570. The number of amides is 1. The van der Waals surface area contributed by atoms with E-state index in [1.165, 1.54) is 7.11 Å². The van der Waals surface area contributed by atoms with Crippen LogP contribution < -0.4 is 15.5 Å². The summed E-state index contributed by atoms with van der Waals surface area (Å²) in [4.78, 5) is 25.4. The average molecular weight is 418 g/mol. The smallest absolute Gasteiger partial charge is 0.337 e. The van der Waals surface area contributed by atoms with Gasteiger partial charge < -0.3 is 20.3 Å². The number of hydrogen-bond donors (Lipinski definition) is 2. The molecule has 8 heteroatoms. The number of methoxy groups -OCH3 is 1. The van der Waals surface area contributed by atoms with Gasteiger partial charge in [0, 0.05) is 25.2 Å². The molecule has 0 atom stereocenters. The number of thiocarbonyl (C=S) groups is 1. The van der Waals surface area contributed by atoms with Gasteiger partial charge in [-0.3, -0.25) is 4.79 Å². The fourth-order valence-electron chi connectivity index (χ4n) is 2.97.